The van der Waals surface area contributed by atoms with E-state index in [4.69, 9.17) is 18.9 Å². The predicted octanol–water partition coefficient (Wildman–Crippen LogP) is 3.30. The molecule has 1 N–H and O–H groups in total. The first kappa shape index (κ1) is 30.5. The number of carbonyl (C=O) groups excluding carboxylic acids is 1. The van der Waals surface area contributed by atoms with E-state index in [2.05, 4.69) is 0 Å². The van der Waals surface area contributed by atoms with Crippen molar-refractivity contribution in [2.75, 3.05) is 40.0 Å². The van der Waals surface area contributed by atoms with E-state index in [1.54, 1.807) is 12.1 Å². The second-order valence-electron chi connectivity index (χ2n) is 11.0. The van der Waals surface area contributed by atoms with Gasteiger partial charge in [0.2, 0.25) is 10.0 Å². The second kappa shape index (κ2) is 13.9. The van der Waals surface area contributed by atoms with Gasteiger partial charge in [-0.15, -0.1) is 0 Å². The number of fused-ring (bicyclic) bond motifs is 1. The first-order valence-electron chi connectivity index (χ1n) is 13.9. The molecule has 0 saturated carbocycles. The van der Waals surface area contributed by atoms with Crippen molar-refractivity contribution in [1.29, 1.82) is 0 Å². The molecule has 0 spiro atoms. The van der Waals surface area contributed by atoms with Gasteiger partial charge in [0.15, 0.2) is 0 Å². The number of aliphatic hydroxyl groups is 1. The minimum absolute atomic E-state index is 0.00590. The maximum atomic E-state index is 13.6. The van der Waals surface area contributed by atoms with Crippen molar-refractivity contribution in [1.82, 2.24) is 4.31 Å². The Labute approximate surface area is 237 Å². The number of carbonyl (C=O) groups is 1. The number of esters is 1. The molecule has 0 unspecified atom stereocenters. The Hall–Kier alpha value is -2.50. The number of aliphatic hydroxyl groups excluding tert-OH is 1. The summed E-state index contributed by atoms with van der Waals surface area (Å²) in [5, 5.41) is 11.5. The highest BCUT2D eigenvalue weighted by Crippen LogP contribution is 2.30. The van der Waals surface area contributed by atoms with E-state index in [0.717, 1.165) is 5.56 Å². The van der Waals surface area contributed by atoms with Crippen LogP contribution in [0.15, 0.2) is 59.5 Å². The summed E-state index contributed by atoms with van der Waals surface area (Å²) in [6.45, 7) is 5.43. The van der Waals surface area contributed by atoms with E-state index in [1.807, 2.05) is 44.2 Å². The fourth-order valence-electron chi connectivity index (χ4n) is 5.39. The van der Waals surface area contributed by atoms with E-state index < -0.39 is 28.0 Å². The molecule has 220 valence electrons. The summed E-state index contributed by atoms with van der Waals surface area (Å²) in [7, 11) is -2.39. The Balaban J connectivity index is 1.51. The molecule has 2 aromatic rings. The number of hydrogen-bond donors (Lipinski definition) is 1. The van der Waals surface area contributed by atoms with E-state index in [9.17, 15) is 18.3 Å². The maximum absolute atomic E-state index is 13.6. The first-order valence-corrected chi connectivity index (χ1v) is 15.4. The van der Waals surface area contributed by atoms with Crippen molar-refractivity contribution >= 4 is 16.0 Å². The lowest BCUT2D eigenvalue weighted by Crippen LogP contribution is -2.44. The van der Waals surface area contributed by atoms with Gasteiger partial charge in [0.1, 0.15) is 11.9 Å². The van der Waals surface area contributed by atoms with Crippen molar-refractivity contribution in [3.8, 4) is 5.75 Å². The normalized spacial score (nSPS) is 22.6. The van der Waals surface area contributed by atoms with Crippen molar-refractivity contribution in [3.63, 3.8) is 0 Å². The second-order valence-corrected chi connectivity index (χ2v) is 13.0. The Morgan fingerprint density at radius 3 is 2.48 bits per heavy atom. The number of sulfonamides is 1. The minimum atomic E-state index is -3.91. The predicted molar refractivity (Wildman–Crippen MR) is 149 cm³/mol. The van der Waals surface area contributed by atoms with Gasteiger partial charge in [-0.3, -0.25) is 4.79 Å². The Bertz CT molecular complexity index is 1190. The SMILES string of the molecule is COc1ccc(S(=O)(=O)N(CC(C)C)C[C@@H](O)[C@@H](CC(=O)O[C@H]2CCO[C@H]3COC[C@H]32)Cc2ccccc2)cc1. The number of ether oxygens (including phenoxy) is 4. The van der Waals surface area contributed by atoms with Crippen LogP contribution in [0.1, 0.15) is 32.3 Å². The summed E-state index contributed by atoms with van der Waals surface area (Å²) < 4.78 is 50.9. The molecule has 0 amide bonds. The zero-order chi connectivity index (χ0) is 28.7. The van der Waals surface area contributed by atoms with Crippen LogP contribution in [0.2, 0.25) is 0 Å². The smallest absolute Gasteiger partial charge is 0.306 e. The Kier molecular flexibility index (Phi) is 10.6. The van der Waals surface area contributed by atoms with Crippen molar-refractivity contribution in [3.05, 3.63) is 60.2 Å². The van der Waals surface area contributed by atoms with E-state index >= 15 is 0 Å². The summed E-state index contributed by atoms with van der Waals surface area (Å²) >= 11 is 0. The average Bonchev–Trinajstić information content (AvgIpc) is 3.43. The summed E-state index contributed by atoms with van der Waals surface area (Å²) in [5.74, 6) is -0.382. The Morgan fingerprint density at radius 1 is 1.07 bits per heavy atom. The van der Waals surface area contributed by atoms with Gasteiger partial charge in [-0.05, 0) is 42.2 Å². The van der Waals surface area contributed by atoms with E-state index in [1.165, 1.54) is 23.5 Å². The Morgan fingerprint density at radius 2 is 1.80 bits per heavy atom. The topological polar surface area (TPSA) is 112 Å². The number of benzene rings is 2. The third kappa shape index (κ3) is 7.82. The minimum Gasteiger partial charge on any atom is -0.497 e. The van der Waals surface area contributed by atoms with Gasteiger partial charge in [0, 0.05) is 31.3 Å². The highest BCUT2D eigenvalue weighted by Gasteiger charge is 2.41. The van der Waals surface area contributed by atoms with Crippen LogP contribution in [0.25, 0.3) is 0 Å². The molecular weight excluding hydrogens is 534 g/mol. The van der Waals surface area contributed by atoms with Crippen LogP contribution in [0, 0.1) is 17.8 Å². The lowest BCUT2D eigenvalue weighted by molar-refractivity contribution is -0.163. The third-order valence-corrected chi connectivity index (χ3v) is 9.38. The van der Waals surface area contributed by atoms with Crippen molar-refractivity contribution in [2.24, 2.45) is 17.8 Å². The first-order chi connectivity index (χ1) is 19.2. The summed E-state index contributed by atoms with van der Waals surface area (Å²) in [5.41, 5.74) is 0.947. The molecule has 0 aliphatic carbocycles. The molecule has 2 saturated heterocycles. The van der Waals surface area contributed by atoms with Crippen LogP contribution in [0.3, 0.4) is 0 Å². The van der Waals surface area contributed by atoms with Crippen LogP contribution in [-0.4, -0.2) is 82.1 Å². The monoisotopic (exact) mass is 575 g/mol. The molecule has 0 radical (unpaired) electrons. The van der Waals surface area contributed by atoms with Crippen LogP contribution in [0.5, 0.6) is 5.75 Å². The molecule has 2 aromatic carbocycles. The maximum Gasteiger partial charge on any atom is 0.306 e. The van der Waals surface area contributed by atoms with Crippen LogP contribution < -0.4 is 4.74 Å². The van der Waals surface area contributed by atoms with Gasteiger partial charge >= 0.3 is 5.97 Å². The zero-order valence-corrected chi connectivity index (χ0v) is 24.3. The summed E-state index contributed by atoms with van der Waals surface area (Å²) in [6, 6.07) is 15.8. The quantitative estimate of drug-likeness (QED) is 0.362. The molecule has 2 heterocycles. The average molecular weight is 576 g/mol. The molecule has 40 heavy (non-hydrogen) atoms. The molecule has 5 atom stereocenters. The number of methoxy groups -OCH3 is 1. The molecule has 4 rings (SSSR count). The molecule has 2 fully saturated rings. The van der Waals surface area contributed by atoms with E-state index in [0.29, 0.717) is 38.4 Å². The van der Waals surface area contributed by atoms with Crippen molar-refractivity contribution < 1.29 is 37.3 Å². The zero-order valence-electron chi connectivity index (χ0n) is 23.5. The van der Waals surface area contributed by atoms with Crippen LogP contribution in [-0.2, 0) is 35.4 Å². The van der Waals surface area contributed by atoms with Gasteiger partial charge < -0.3 is 24.1 Å². The van der Waals surface area contributed by atoms with Gasteiger partial charge in [-0.1, -0.05) is 44.2 Å². The van der Waals surface area contributed by atoms with Crippen LogP contribution in [0.4, 0.5) is 0 Å². The largest absolute Gasteiger partial charge is 0.497 e. The molecular formula is C30H41NO8S. The van der Waals surface area contributed by atoms with Gasteiger partial charge in [0.05, 0.1) is 50.5 Å². The van der Waals surface area contributed by atoms with Gasteiger partial charge in [-0.2, -0.15) is 4.31 Å². The molecule has 10 heteroatoms. The van der Waals surface area contributed by atoms with Crippen LogP contribution >= 0.6 is 0 Å². The lowest BCUT2D eigenvalue weighted by Gasteiger charge is -2.33. The summed E-state index contributed by atoms with van der Waals surface area (Å²) in [4.78, 5) is 13.3. The van der Waals surface area contributed by atoms with Crippen molar-refractivity contribution in [2.45, 2.75) is 56.3 Å². The molecule has 2 aliphatic heterocycles. The number of rotatable bonds is 13. The van der Waals surface area contributed by atoms with Gasteiger partial charge in [-0.25, -0.2) is 8.42 Å². The standard InChI is InChI=1S/C30H41NO8S/c1-21(2)17-31(40(34,35)25-11-9-24(36-3)10-12-25)18-27(32)23(15-22-7-5-4-6-8-22)16-30(33)39-28-13-14-38-29-20-37-19-26(28)29/h4-12,21,23,26-29,32H,13-20H2,1-3H3/t23-,26+,27-,28+,29+/m1/s1. The lowest BCUT2D eigenvalue weighted by atomic mass is 9.90. The fourth-order valence-corrected chi connectivity index (χ4v) is 7.01. The third-order valence-electron chi connectivity index (χ3n) is 7.54. The molecule has 0 aromatic heterocycles. The highest BCUT2D eigenvalue weighted by atomic mass is 32.2. The summed E-state index contributed by atoms with van der Waals surface area (Å²) in [6.07, 6.45) is -0.496. The van der Waals surface area contributed by atoms with E-state index in [-0.39, 0.29) is 48.4 Å². The number of nitrogens with zero attached hydrogens (tertiary/aromatic N) is 1. The van der Waals surface area contributed by atoms with Gasteiger partial charge in [0.25, 0.3) is 0 Å². The fraction of sp³-hybridized carbons (Fsp3) is 0.567. The number of hydrogen-bond acceptors (Lipinski definition) is 8. The molecule has 0 bridgehead atoms. The molecule has 9 nitrogen and oxygen atoms in total. The molecule has 2 aliphatic rings. The highest BCUT2D eigenvalue weighted by molar-refractivity contribution is 7.89.